The number of carbonyl (C=O) groups is 1. The highest BCUT2D eigenvalue weighted by Crippen LogP contribution is 2.31. The number of hydrogen-bond acceptors (Lipinski definition) is 6. The number of para-hydroxylation sites is 3. The highest BCUT2D eigenvalue weighted by atomic mass is 32.1. The molecule has 5 aromatic rings. The Morgan fingerprint density at radius 3 is 2.65 bits per heavy atom. The molecule has 152 valence electrons. The van der Waals surface area contributed by atoms with Crippen molar-refractivity contribution >= 4 is 43.6 Å². The summed E-state index contributed by atoms with van der Waals surface area (Å²) in [6, 6.07) is 22.3. The minimum atomic E-state index is -0.335. The first-order valence-electron chi connectivity index (χ1n) is 9.54. The van der Waals surface area contributed by atoms with Gasteiger partial charge in [0, 0.05) is 6.07 Å². The lowest BCUT2D eigenvalue weighted by atomic mass is 10.3. The first-order chi connectivity index (χ1) is 15.2. The number of thiazole rings is 1. The molecule has 0 saturated heterocycles. The Kier molecular flexibility index (Phi) is 4.89. The molecule has 31 heavy (non-hydrogen) atoms. The molecule has 8 heteroatoms. The predicted molar refractivity (Wildman–Crippen MR) is 121 cm³/mol. The van der Waals surface area contributed by atoms with Crippen LogP contribution in [0.3, 0.4) is 0 Å². The predicted octanol–water partition coefficient (Wildman–Crippen LogP) is 4.44. The van der Waals surface area contributed by atoms with Gasteiger partial charge in [-0.15, -0.1) is 0 Å². The van der Waals surface area contributed by atoms with Crippen LogP contribution < -0.4 is 15.6 Å². The summed E-state index contributed by atoms with van der Waals surface area (Å²) < 4.78 is 8.14. The first-order valence-corrected chi connectivity index (χ1v) is 10.4. The molecular weight excluding hydrogens is 412 g/mol. The van der Waals surface area contributed by atoms with E-state index in [0.29, 0.717) is 21.9 Å². The largest absolute Gasteiger partial charge is 0.457 e. The summed E-state index contributed by atoms with van der Waals surface area (Å²) in [4.78, 5) is 33.4. The van der Waals surface area contributed by atoms with Crippen LogP contribution in [0.25, 0.3) is 21.3 Å². The fourth-order valence-corrected chi connectivity index (χ4v) is 4.14. The SMILES string of the molecule is O=C(Cn1c(=O)cnc2ccccc21)Nc1nc2ccc(Oc3ccccc3)cc2s1. The number of rotatable bonds is 5. The van der Waals surface area contributed by atoms with Gasteiger partial charge >= 0.3 is 0 Å². The van der Waals surface area contributed by atoms with Crippen LogP contribution in [0.1, 0.15) is 0 Å². The fourth-order valence-electron chi connectivity index (χ4n) is 3.23. The van der Waals surface area contributed by atoms with Crippen molar-refractivity contribution in [3.63, 3.8) is 0 Å². The lowest BCUT2D eigenvalue weighted by Crippen LogP contribution is -2.27. The normalized spacial score (nSPS) is 11.0. The number of anilines is 1. The summed E-state index contributed by atoms with van der Waals surface area (Å²) in [6.45, 7) is -0.125. The van der Waals surface area contributed by atoms with E-state index >= 15 is 0 Å². The lowest BCUT2D eigenvalue weighted by Gasteiger charge is -2.08. The Bertz CT molecular complexity index is 1460. The van der Waals surface area contributed by atoms with Gasteiger partial charge in [-0.2, -0.15) is 0 Å². The minimum absolute atomic E-state index is 0.125. The molecule has 0 aliphatic rings. The van der Waals surface area contributed by atoms with E-state index in [1.165, 1.54) is 22.1 Å². The second-order valence-corrected chi connectivity index (χ2v) is 7.81. The van der Waals surface area contributed by atoms with Crippen LogP contribution in [0.15, 0.2) is 83.8 Å². The molecule has 2 heterocycles. The number of ether oxygens (including phenoxy) is 1. The Labute approximate surface area is 180 Å². The van der Waals surface area contributed by atoms with Crippen LogP contribution >= 0.6 is 11.3 Å². The van der Waals surface area contributed by atoms with Gasteiger partial charge in [0.05, 0.1) is 27.4 Å². The summed E-state index contributed by atoms with van der Waals surface area (Å²) in [5.74, 6) is 1.10. The summed E-state index contributed by atoms with van der Waals surface area (Å²) >= 11 is 1.35. The summed E-state index contributed by atoms with van der Waals surface area (Å²) in [6.07, 6.45) is 1.22. The van der Waals surface area contributed by atoms with Gasteiger partial charge in [-0.3, -0.25) is 14.2 Å². The van der Waals surface area contributed by atoms with Crippen molar-refractivity contribution in [2.45, 2.75) is 6.54 Å². The highest BCUT2D eigenvalue weighted by molar-refractivity contribution is 7.22. The average molecular weight is 428 g/mol. The van der Waals surface area contributed by atoms with Gasteiger partial charge in [-0.05, 0) is 36.4 Å². The first kappa shape index (κ1) is 19.0. The van der Waals surface area contributed by atoms with Gasteiger partial charge in [0.1, 0.15) is 18.0 Å². The van der Waals surface area contributed by atoms with Crippen LogP contribution in [0, 0.1) is 0 Å². The number of benzene rings is 3. The van der Waals surface area contributed by atoms with E-state index in [9.17, 15) is 9.59 Å². The molecular formula is C23H16N4O3S. The minimum Gasteiger partial charge on any atom is -0.457 e. The molecule has 1 amide bonds. The number of aromatic nitrogens is 3. The van der Waals surface area contributed by atoms with Gasteiger partial charge in [-0.25, -0.2) is 9.97 Å². The van der Waals surface area contributed by atoms with E-state index in [1.807, 2.05) is 54.6 Å². The molecule has 0 spiro atoms. The van der Waals surface area contributed by atoms with Crippen molar-refractivity contribution < 1.29 is 9.53 Å². The topological polar surface area (TPSA) is 86.1 Å². The Hall–Kier alpha value is -4.04. The molecule has 5 rings (SSSR count). The van der Waals surface area contributed by atoms with Gasteiger partial charge in [0.2, 0.25) is 5.91 Å². The van der Waals surface area contributed by atoms with Crippen LogP contribution in [0.2, 0.25) is 0 Å². The van der Waals surface area contributed by atoms with Gasteiger partial charge < -0.3 is 10.1 Å². The van der Waals surface area contributed by atoms with E-state index in [2.05, 4.69) is 15.3 Å². The second kappa shape index (κ2) is 8.00. The van der Waals surface area contributed by atoms with Crippen LogP contribution in [0.4, 0.5) is 5.13 Å². The zero-order chi connectivity index (χ0) is 21.2. The molecule has 0 saturated carbocycles. The van der Waals surface area contributed by atoms with E-state index < -0.39 is 0 Å². The van der Waals surface area contributed by atoms with Crippen molar-refractivity contribution in [1.82, 2.24) is 14.5 Å². The number of nitrogens with one attached hydrogen (secondary N) is 1. The number of nitrogens with zero attached hydrogens (tertiary/aromatic N) is 3. The highest BCUT2D eigenvalue weighted by Gasteiger charge is 2.12. The third kappa shape index (κ3) is 4.01. The number of amides is 1. The maximum absolute atomic E-state index is 12.6. The molecule has 0 aliphatic heterocycles. The van der Waals surface area contributed by atoms with Gasteiger partial charge in [-0.1, -0.05) is 41.7 Å². The fraction of sp³-hybridized carbons (Fsp3) is 0.0435. The Morgan fingerprint density at radius 2 is 1.77 bits per heavy atom. The monoisotopic (exact) mass is 428 g/mol. The molecule has 0 atom stereocenters. The molecule has 2 aromatic heterocycles. The van der Waals surface area contributed by atoms with Gasteiger partial charge in [0.25, 0.3) is 5.56 Å². The zero-order valence-electron chi connectivity index (χ0n) is 16.2. The zero-order valence-corrected chi connectivity index (χ0v) is 17.0. The molecule has 7 nitrogen and oxygen atoms in total. The van der Waals surface area contributed by atoms with E-state index in [4.69, 9.17) is 4.74 Å². The summed E-state index contributed by atoms with van der Waals surface area (Å²) in [5.41, 5.74) is 1.69. The summed E-state index contributed by atoms with van der Waals surface area (Å²) in [7, 11) is 0. The number of fused-ring (bicyclic) bond motifs is 2. The maximum Gasteiger partial charge on any atom is 0.269 e. The van der Waals surface area contributed by atoms with Crippen LogP contribution in [0.5, 0.6) is 11.5 Å². The molecule has 3 aromatic carbocycles. The molecule has 0 bridgehead atoms. The molecule has 0 fully saturated rings. The molecule has 0 unspecified atom stereocenters. The molecule has 1 N–H and O–H groups in total. The van der Waals surface area contributed by atoms with Crippen LogP contribution in [-0.4, -0.2) is 20.4 Å². The van der Waals surface area contributed by atoms with E-state index in [-0.39, 0.29) is 18.0 Å². The summed E-state index contributed by atoms with van der Waals surface area (Å²) in [5, 5.41) is 3.25. The molecule has 0 aliphatic carbocycles. The third-order valence-corrected chi connectivity index (χ3v) is 5.57. The van der Waals surface area contributed by atoms with Crippen molar-refractivity contribution in [2.24, 2.45) is 0 Å². The van der Waals surface area contributed by atoms with Crippen molar-refractivity contribution in [1.29, 1.82) is 0 Å². The number of hydrogen-bond donors (Lipinski definition) is 1. The van der Waals surface area contributed by atoms with E-state index in [1.54, 1.807) is 18.2 Å². The quantitative estimate of drug-likeness (QED) is 0.447. The van der Waals surface area contributed by atoms with Crippen LogP contribution in [-0.2, 0) is 11.3 Å². The molecule has 0 radical (unpaired) electrons. The van der Waals surface area contributed by atoms with Crippen molar-refractivity contribution in [2.75, 3.05) is 5.32 Å². The van der Waals surface area contributed by atoms with Crippen molar-refractivity contribution in [3.8, 4) is 11.5 Å². The van der Waals surface area contributed by atoms with Gasteiger partial charge in [0.15, 0.2) is 5.13 Å². The maximum atomic E-state index is 12.6. The Morgan fingerprint density at radius 1 is 0.968 bits per heavy atom. The van der Waals surface area contributed by atoms with Crippen molar-refractivity contribution in [3.05, 3.63) is 89.3 Å². The third-order valence-electron chi connectivity index (χ3n) is 4.64. The average Bonchev–Trinajstić information content (AvgIpc) is 3.18. The van der Waals surface area contributed by atoms with E-state index in [0.717, 1.165) is 16.0 Å². The standard InChI is InChI=1S/C23H16N4O3S/c28-21(14-27-19-9-5-4-8-17(19)24-13-22(27)29)26-23-25-18-11-10-16(12-20(18)31-23)30-15-6-2-1-3-7-15/h1-13H,14H2,(H,25,26,28). The lowest BCUT2D eigenvalue weighted by molar-refractivity contribution is -0.116. The number of carbonyl (C=O) groups excluding carboxylic acids is 1. The second-order valence-electron chi connectivity index (χ2n) is 6.78. The Balaban J connectivity index is 1.35. The smallest absolute Gasteiger partial charge is 0.269 e.